The molecule has 0 fully saturated rings. The second-order valence-corrected chi connectivity index (χ2v) is 10.1. The van der Waals surface area contributed by atoms with Gasteiger partial charge in [0.1, 0.15) is 0 Å². The average Bonchev–Trinajstić information content (AvgIpc) is 3.23. The van der Waals surface area contributed by atoms with Crippen LogP contribution in [0.5, 0.6) is 0 Å². The van der Waals surface area contributed by atoms with Crippen LogP contribution in [-0.2, 0) is 10.8 Å². The molecule has 0 unspecified atom stereocenters. The summed E-state index contributed by atoms with van der Waals surface area (Å²) in [5, 5.41) is 2.70. The third-order valence-electron chi connectivity index (χ3n) is 7.80. The number of para-hydroxylation sites is 2. The first-order valence-electron chi connectivity index (χ1n) is 11.1. The van der Waals surface area contributed by atoms with E-state index in [1.54, 1.807) is 0 Å². The van der Waals surface area contributed by atoms with E-state index in [0.717, 1.165) is 5.69 Å². The van der Waals surface area contributed by atoms with Crippen molar-refractivity contribution in [1.82, 2.24) is 9.55 Å². The second-order valence-electron chi connectivity index (χ2n) is 10.1. The van der Waals surface area contributed by atoms with E-state index in [1.165, 1.54) is 55.3 Å². The molecule has 0 N–H and O–H groups in total. The van der Waals surface area contributed by atoms with E-state index in [1.807, 2.05) is 0 Å². The maximum absolute atomic E-state index is 5.07. The van der Waals surface area contributed by atoms with Crippen LogP contribution in [0.4, 0.5) is 0 Å². The van der Waals surface area contributed by atoms with Gasteiger partial charge in [-0.25, -0.2) is 0 Å². The van der Waals surface area contributed by atoms with E-state index in [-0.39, 0.29) is 10.8 Å². The number of rotatable bonds is 0. The van der Waals surface area contributed by atoms with Crippen LogP contribution in [0.25, 0.3) is 38.8 Å². The summed E-state index contributed by atoms with van der Waals surface area (Å²) in [7, 11) is 0. The zero-order chi connectivity index (χ0) is 21.1. The summed E-state index contributed by atoms with van der Waals surface area (Å²) in [6.45, 7) is 9.40. The van der Waals surface area contributed by atoms with Crippen molar-refractivity contribution in [2.24, 2.45) is 0 Å². The average molecular weight is 401 g/mol. The summed E-state index contributed by atoms with van der Waals surface area (Å²) in [4.78, 5) is 5.07. The predicted octanol–water partition coefficient (Wildman–Crippen LogP) is 7.12. The molecule has 0 saturated carbocycles. The Kier molecular flexibility index (Phi) is 2.94. The molecule has 0 spiro atoms. The van der Waals surface area contributed by atoms with Crippen LogP contribution < -0.4 is 0 Å². The Balaban J connectivity index is 1.75. The molecule has 2 aromatic heterocycles. The Morgan fingerprint density at radius 3 is 2.26 bits per heavy atom. The minimum atomic E-state index is -0.0867. The highest BCUT2D eigenvalue weighted by Gasteiger charge is 2.41. The highest BCUT2D eigenvalue weighted by atomic mass is 15.0. The summed E-state index contributed by atoms with van der Waals surface area (Å²) < 4.78 is 2.47. The molecule has 3 heterocycles. The van der Waals surface area contributed by atoms with Gasteiger partial charge in [0, 0.05) is 27.2 Å². The SMILES string of the molecule is CC1(C)c2ccccc2-c2ncc3c(c21)c1cccc2c1n3-c1ccccc1C2(C)C. The van der Waals surface area contributed by atoms with Gasteiger partial charge in [0.25, 0.3) is 0 Å². The fourth-order valence-corrected chi connectivity index (χ4v) is 6.33. The summed E-state index contributed by atoms with van der Waals surface area (Å²) in [5.41, 5.74) is 11.6. The molecule has 0 atom stereocenters. The first-order chi connectivity index (χ1) is 14.9. The van der Waals surface area contributed by atoms with Gasteiger partial charge in [-0.05, 0) is 28.3 Å². The molecule has 2 heteroatoms. The number of hydrogen-bond acceptors (Lipinski definition) is 1. The summed E-state index contributed by atoms with van der Waals surface area (Å²) in [5.74, 6) is 0. The Labute approximate surface area is 182 Å². The van der Waals surface area contributed by atoms with Crippen molar-refractivity contribution in [3.8, 4) is 16.9 Å². The molecule has 7 rings (SSSR count). The predicted molar refractivity (Wildman–Crippen MR) is 128 cm³/mol. The van der Waals surface area contributed by atoms with Gasteiger partial charge in [0.2, 0.25) is 0 Å². The van der Waals surface area contributed by atoms with Crippen molar-refractivity contribution in [1.29, 1.82) is 0 Å². The van der Waals surface area contributed by atoms with Crippen molar-refractivity contribution in [2.75, 3.05) is 0 Å². The maximum Gasteiger partial charge on any atom is 0.0753 e. The van der Waals surface area contributed by atoms with Crippen LogP contribution in [0.2, 0.25) is 0 Å². The van der Waals surface area contributed by atoms with Crippen LogP contribution in [0, 0.1) is 0 Å². The van der Waals surface area contributed by atoms with Gasteiger partial charge in [-0.15, -0.1) is 0 Å². The zero-order valence-corrected chi connectivity index (χ0v) is 18.3. The lowest BCUT2D eigenvalue weighted by Crippen LogP contribution is -2.26. The van der Waals surface area contributed by atoms with Crippen molar-refractivity contribution >= 4 is 21.8 Å². The zero-order valence-electron chi connectivity index (χ0n) is 18.3. The minimum Gasteiger partial charge on any atom is -0.307 e. The fourth-order valence-electron chi connectivity index (χ4n) is 6.33. The molecule has 2 aliphatic rings. The molecule has 3 aromatic carbocycles. The number of benzene rings is 3. The standard InChI is InChI=1S/C29H24N2/c1-28(2)20-13-7-8-15-22(20)31-23-16-30-26-17-10-5-6-12-19(17)29(3,4)25(26)24(23)18-11-9-14-21(28)27(18)31/h5-16H,1-4H3. The van der Waals surface area contributed by atoms with E-state index in [2.05, 4.69) is 105 Å². The van der Waals surface area contributed by atoms with Gasteiger partial charge in [-0.2, -0.15) is 0 Å². The summed E-state index contributed by atoms with van der Waals surface area (Å²) in [6.07, 6.45) is 2.10. The smallest absolute Gasteiger partial charge is 0.0753 e. The van der Waals surface area contributed by atoms with Crippen molar-refractivity contribution in [2.45, 2.75) is 38.5 Å². The van der Waals surface area contributed by atoms with Gasteiger partial charge in [0.05, 0.1) is 28.6 Å². The molecular weight excluding hydrogens is 376 g/mol. The first kappa shape index (κ1) is 17.3. The molecule has 0 amide bonds. The van der Waals surface area contributed by atoms with Crippen molar-refractivity contribution < 1.29 is 0 Å². The Bertz CT molecular complexity index is 1580. The number of fused-ring (bicyclic) bond motifs is 9. The summed E-state index contributed by atoms with van der Waals surface area (Å²) in [6, 6.07) is 24.5. The Hall–Kier alpha value is -3.39. The van der Waals surface area contributed by atoms with E-state index in [9.17, 15) is 0 Å². The number of nitrogens with zero attached hydrogens (tertiary/aromatic N) is 2. The maximum atomic E-state index is 5.07. The number of pyridine rings is 1. The summed E-state index contributed by atoms with van der Waals surface area (Å²) >= 11 is 0. The quantitative estimate of drug-likeness (QED) is 0.270. The topological polar surface area (TPSA) is 17.8 Å². The minimum absolute atomic E-state index is 0.0461. The highest BCUT2D eigenvalue weighted by Crippen LogP contribution is 2.54. The molecule has 0 bridgehead atoms. The van der Waals surface area contributed by atoms with E-state index >= 15 is 0 Å². The van der Waals surface area contributed by atoms with Crippen LogP contribution in [-0.4, -0.2) is 9.55 Å². The molecule has 1 aliphatic carbocycles. The third-order valence-corrected chi connectivity index (χ3v) is 7.80. The molecule has 2 nitrogen and oxygen atoms in total. The van der Waals surface area contributed by atoms with Gasteiger partial charge < -0.3 is 4.57 Å². The van der Waals surface area contributed by atoms with Crippen LogP contribution >= 0.6 is 0 Å². The van der Waals surface area contributed by atoms with Gasteiger partial charge in [-0.1, -0.05) is 88.4 Å². The fraction of sp³-hybridized carbons (Fsp3) is 0.207. The molecule has 0 saturated heterocycles. The highest BCUT2D eigenvalue weighted by molar-refractivity contribution is 6.15. The van der Waals surface area contributed by atoms with Gasteiger partial charge in [0.15, 0.2) is 0 Å². The molecule has 5 aromatic rings. The van der Waals surface area contributed by atoms with Crippen molar-refractivity contribution in [3.05, 3.63) is 95.2 Å². The van der Waals surface area contributed by atoms with Crippen molar-refractivity contribution in [3.63, 3.8) is 0 Å². The molecule has 0 radical (unpaired) electrons. The Morgan fingerprint density at radius 2 is 1.42 bits per heavy atom. The van der Waals surface area contributed by atoms with E-state index < -0.39 is 0 Å². The third kappa shape index (κ3) is 1.84. The molecular formula is C29H24N2. The van der Waals surface area contributed by atoms with E-state index in [4.69, 9.17) is 4.98 Å². The normalized spacial score (nSPS) is 16.9. The van der Waals surface area contributed by atoms with Crippen LogP contribution in [0.1, 0.15) is 49.9 Å². The Morgan fingerprint density at radius 1 is 0.710 bits per heavy atom. The molecule has 1 aliphatic heterocycles. The lowest BCUT2D eigenvalue weighted by atomic mass is 9.74. The lowest BCUT2D eigenvalue weighted by Gasteiger charge is -2.34. The lowest BCUT2D eigenvalue weighted by molar-refractivity contribution is 0.630. The second kappa shape index (κ2) is 5.26. The number of hydrogen-bond donors (Lipinski definition) is 0. The first-order valence-corrected chi connectivity index (χ1v) is 11.1. The molecule has 31 heavy (non-hydrogen) atoms. The number of aromatic nitrogens is 2. The van der Waals surface area contributed by atoms with Gasteiger partial charge >= 0.3 is 0 Å². The van der Waals surface area contributed by atoms with Crippen LogP contribution in [0.3, 0.4) is 0 Å². The molecule has 150 valence electrons. The van der Waals surface area contributed by atoms with Crippen LogP contribution in [0.15, 0.2) is 72.9 Å². The van der Waals surface area contributed by atoms with Gasteiger partial charge in [-0.3, -0.25) is 4.98 Å². The monoisotopic (exact) mass is 400 g/mol. The largest absolute Gasteiger partial charge is 0.307 e. The van der Waals surface area contributed by atoms with E-state index in [0.29, 0.717) is 0 Å².